The number of carbonyl (C=O) groups is 1. The van der Waals surface area contributed by atoms with Crippen molar-refractivity contribution in [1.29, 1.82) is 0 Å². The molecule has 0 radical (unpaired) electrons. The number of hydrogen-bond acceptors (Lipinski definition) is 3. The summed E-state index contributed by atoms with van der Waals surface area (Å²) >= 11 is 0. The van der Waals surface area contributed by atoms with Gasteiger partial charge < -0.3 is 10.1 Å². The van der Waals surface area contributed by atoms with Crippen LogP contribution in [-0.2, 0) is 0 Å². The van der Waals surface area contributed by atoms with Crippen molar-refractivity contribution in [2.75, 3.05) is 6.54 Å². The Kier molecular flexibility index (Phi) is 3.83. The van der Waals surface area contributed by atoms with Crippen LogP contribution in [0.25, 0.3) is 0 Å². The van der Waals surface area contributed by atoms with Gasteiger partial charge in [0.15, 0.2) is 5.78 Å². The van der Waals surface area contributed by atoms with Crippen molar-refractivity contribution in [1.82, 2.24) is 5.32 Å². The zero-order valence-corrected chi connectivity index (χ0v) is 11.2. The highest BCUT2D eigenvalue weighted by molar-refractivity contribution is 5.97. The van der Waals surface area contributed by atoms with Gasteiger partial charge in [0.2, 0.25) is 0 Å². The van der Waals surface area contributed by atoms with E-state index in [1.165, 1.54) is 25.7 Å². The number of hydrogen-bond donors (Lipinski definition) is 1. The Morgan fingerprint density at radius 2 is 2.00 bits per heavy atom. The van der Waals surface area contributed by atoms with Crippen LogP contribution in [0.1, 0.15) is 48.9 Å². The minimum atomic E-state index is 0.160. The third-order valence-electron chi connectivity index (χ3n) is 3.89. The Hall–Kier alpha value is -1.35. The predicted octanol–water partition coefficient (Wildman–Crippen LogP) is 2.94. The minimum Gasteiger partial charge on any atom is -0.490 e. The molecule has 2 aliphatic rings. The number of ketones is 1. The highest BCUT2D eigenvalue weighted by atomic mass is 16.5. The first-order valence-corrected chi connectivity index (χ1v) is 7.34. The van der Waals surface area contributed by atoms with Crippen LogP contribution in [0.5, 0.6) is 5.75 Å². The lowest BCUT2D eigenvalue weighted by Gasteiger charge is -2.11. The molecule has 2 saturated carbocycles. The molecule has 2 fully saturated rings. The Morgan fingerprint density at radius 1 is 1.21 bits per heavy atom. The van der Waals surface area contributed by atoms with Gasteiger partial charge in [0.1, 0.15) is 5.75 Å². The number of Topliss-reactive ketones (excluding diaryl/α,β-unsaturated/α-hetero) is 1. The summed E-state index contributed by atoms with van der Waals surface area (Å²) in [6.45, 7) is 0.442. The van der Waals surface area contributed by atoms with Gasteiger partial charge >= 0.3 is 0 Å². The smallest absolute Gasteiger partial charge is 0.176 e. The summed E-state index contributed by atoms with van der Waals surface area (Å²) in [5.74, 6) is 0.988. The monoisotopic (exact) mass is 259 g/mol. The summed E-state index contributed by atoms with van der Waals surface area (Å²) in [6, 6.07) is 8.12. The van der Waals surface area contributed by atoms with Crippen LogP contribution in [0, 0.1) is 0 Å². The Labute approximate surface area is 114 Å². The predicted molar refractivity (Wildman–Crippen MR) is 74.7 cm³/mol. The molecule has 0 atom stereocenters. The largest absolute Gasteiger partial charge is 0.490 e. The summed E-state index contributed by atoms with van der Waals surface area (Å²) in [6.07, 6.45) is 7.65. The number of carbonyl (C=O) groups excluding carboxylic acids is 1. The van der Waals surface area contributed by atoms with Crippen molar-refractivity contribution < 1.29 is 9.53 Å². The molecule has 3 heteroatoms. The van der Waals surface area contributed by atoms with E-state index in [0.717, 1.165) is 24.2 Å². The van der Waals surface area contributed by atoms with E-state index in [4.69, 9.17) is 4.74 Å². The second kappa shape index (κ2) is 5.74. The SMILES string of the molecule is O=C(CNC1CCCC1)c1cccc(OC2CC2)c1. The zero-order valence-electron chi connectivity index (χ0n) is 11.2. The molecular formula is C16H21NO2. The highest BCUT2D eigenvalue weighted by Crippen LogP contribution is 2.27. The maximum absolute atomic E-state index is 12.1. The summed E-state index contributed by atoms with van der Waals surface area (Å²) in [7, 11) is 0. The maximum atomic E-state index is 12.1. The average Bonchev–Trinajstić information content (AvgIpc) is 3.08. The second-order valence-electron chi connectivity index (χ2n) is 5.63. The van der Waals surface area contributed by atoms with Crippen LogP contribution in [0.15, 0.2) is 24.3 Å². The summed E-state index contributed by atoms with van der Waals surface area (Å²) in [4.78, 5) is 12.1. The molecule has 0 aliphatic heterocycles. The third kappa shape index (κ3) is 3.57. The van der Waals surface area contributed by atoms with E-state index in [1.54, 1.807) is 0 Å². The fraction of sp³-hybridized carbons (Fsp3) is 0.562. The van der Waals surface area contributed by atoms with Crippen LogP contribution in [-0.4, -0.2) is 24.5 Å². The van der Waals surface area contributed by atoms with Crippen LogP contribution >= 0.6 is 0 Å². The van der Waals surface area contributed by atoms with Gasteiger partial charge in [0, 0.05) is 11.6 Å². The van der Waals surface area contributed by atoms with Crippen LogP contribution in [0.2, 0.25) is 0 Å². The first-order chi connectivity index (χ1) is 9.31. The van der Waals surface area contributed by atoms with Gasteiger partial charge in [-0.25, -0.2) is 0 Å². The normalized spacial score (nSPS) is 19.6. The molecule has 0 amide bonds. The average molecular weight is 259 g/mol. The molecule has 0 unspecified atom stereocenters. The lowest BCUT2D eigenvalue weighted by Crippen LogP contribution is -2.31. The van der Waals surface area contributed by atoms with Crippen LogP contribution in [0.3, 0.4) is 0 Å². The molecule has 0 spiro atoms. The minimum absolute atomic E-state index is 0.160. The summed E-state index contributed by atoms with van der Waals surface area (Å²) < 4.78 is 5.72. The highest BCUT2D eigenvalue weighted by Gasteiger charge is 2.23. The van der Waals surface area contributed by atoms with Gasteiger partial charge in [-0.05, 0) is 37.8 Å². The molecule has 0 saturated heterocycles. The fourth-order valence-electron chi connectivity index (χ4n) is 2.59. The first kappa shape index (κ1) is 12.7. The van der Waals surface area contributed by atoms with E-state index in [0.29, 0.717) is 18.7 Å². The van der Waals surface area contributed by atoms with Gasteiger partial charge in [0.05, 0.1) is 12.6 Å². The molecular weight excluding hydrogens is 238 g/mol. The van der Waals surface area contributed by atoms with Gasteiger partial charge in [-0.15, -0.1) is 0 Å². The maximum Gasteiger partial charge on any atom is 0.176 e. The molecule has 3 nitrogen and oxygen atoms in total. The van der Waals surface area contributed by atoms with E-state index < -0.39 is 0 Å². The van der Waals surface area contributed by atoms with Crippen LogP contribution in [0.4, 0.5) is 0 Å². The molecule has 0 bridgehead atoms. The fourth-order valence-corrected chi connectivity index (χ4v) is 2.59. The molecule has 19 heavy (non-hydrogen) atoms. The second-order valence-corrected chi connectivity index (χ2v) is 5.63. The van der Waals surface area contributed by atoms with E-state index in [1.807, 2.05) is 24.3 Å². The van der Waals surface area contributed by atoms with Gasteiger partial charge in [-0.2, -0.15) is 0 Å². The standard InChI is InChI=1S/C16H21NO2/c18-16(11-17-13-5-1-2-6-13)12-4-3-7-15(10-12)19-14-8-9-14/h3-4,7,10,13-14,17H,1-2,5-6,8-9,11H2. The van der Waals surface area contributed by atoms with Gasteiger partial charge in [0.25, 0.3) is 0 Å². The Morgan fingerprint density at radius 3 is 2.74 bits per heavy atom. The molecule has 0 aromatic heterocycles. The first-order valence-electron chi connectivity index (χ1n) is 7.34. The molecule has 1 N–H and O–H groups in total. The van der Waals surface area contributed by atoms with Crippen molar-refractivity contribution in [2.24, 2.45) is 0 Å². The number of rotatable bonds is 6. The molecule has 0 heterocycles. The van der Waals surface area contributed by atoms with Gasteiger partial charge in [-0.1, -0.05) is 25.0 Å². The van der Waals surface area contributed by atoms with Crippen molar-refractivity contribution in [3.8, 4) is 5.75 Å². The molecule has 1 aromatic rings. The third-order valence-corrected chi connectivity index (χ3v) is 3.89. The Balaban J connectivity index is 1.55. The molecule has 3 rings (SSSR count). The lowest BCUT2D eigenvalue weighted by molar-refractivity contribution is 0.0987. The zero-order chi connectivity index (χ0) is 13.1. The number of nitrogens with one attached hydrogen (secondary N) is 1. The molecule has 2 aliphatic carbocycles. The van der Waals surface area contributed by atoms with Gasteiger partial charge in [-0.3, -0.25) is 4.79 Å². The quantitative estimate of drug-likeness (QED) is 0.798. The number of benzene rings is 1. The van der Waals surface area contributed by atoms with E-state index in [9.17, 15) is 4.79 Å². The Bertz CT molecular complexity index is 448. The number of ether oxygens (including phenoxy) is 1. The van der Waals surface area contributed by atoms with Crippen molar-refractivity contribution in [3.05, 3.63) is 29.8 Å². The molecule has 102 valence electrons. The van der Waals surface area contributed by atoms with E-state index in [-0.39, 0.29) is 5.78 Å². The summed E-state index contributed by atoms with van der Waals surface area (Å²) in [5.41, 5.74) is 0.753. The topological polar surface area (TPSA) is 38.3 Å². The lowest BCUT2D eigenvalue weighted by atomic mass is 10.1. The van der Waals surface area contributed by atoms with Crippen molar-refractivity contribution >= 4 is 5.78 Å². The van der Waals surface area contributed by atoms with Crippen molar-refractivity contribution in [2.45, 2.75) is 50.7 Å². The van der Waals surface area contributed by atoms with Crippen molar-refractivity contribution in [3.63, 3.8) is 0 Å². The van der Waals surface area contributed by atoms with Crippen LogP contribution < -0.4 is 10.1 Å². The van der Waals surface area contributed by atoms with E-state index >= 15 is 0 Å². The molecule has 1 aromatic carbocycles. The van der Waals surface area contributed by atoms with E-state index in [2.05, 4.69) is 5.32 Å². The summed E-state index contributed by atoms with van der Waals surface area (Å²) in [5, 5.41) is 3.36.